The number of aromatic nitrogens is 1. The van der Waals surface area contributed by atoms with Crippen molar-refractivity contribution in [3.63, 3.8) is 0 Å². The summed E-state index contributed by atoms with van der Waals surface area (Å²) in [6.07, 6.45) is 4.99. The minimum Gasteiger partial charge on any atom is -0.391 e. The molecule has 7 heteroatoms. The molecule has 1 heterocycles. The molecule has 0 spiro atoms. The van der Waals surface area contributed by atoms with Gasteiger partial charge in [-0.2, -0.15) is 0 Å². The van der Waals surface area contributed by atoms with Gasteiger partial charge in [-0.25, -0.2) is 15.2 Å². The summed E-state index contributed by atoms with van der Waals surface area (Å²) in [5, 5.41) is 12.7. The number of halogens is 1. The number of anilines is 1. The van der Waals surface area contributed by atoms with Crippen LogP contribution in [-0.4, -0.2) is 28.1 Å². The van der Waals surface area contributed by atoms with E-state index in [-0.39, 0.29) is 17.4 Å². The van der Waals surface area contributed by atoms with Crippen molar-refractivity contribution in [2.24, 2.45) is 5.84 Å². The smallest absolute Gasteiger partial charge is 0.254 e. The first-order valence-corrected chi connectivity index (χ1v) is 6.73. The van der Waals surface area contributed by atoms with Gasteiger partial charge in [-0.15, -0.1) is 0 Å². The van der Waals surface area contributed by atoms with E-state index in [9.17, 15) is 14.3 Å². The van der Waals surface area contributed by atoms with Crippen LogP contribution >= 0.6 is 0 Å². The molecule has 0 radical (unpaired) electrons. The van der Waals surface area contributed by atoms with Crippen LogP contribution in [0.1, 0.15) is 42.5 Å². The maximum atomic E-state index is 13.9. The molecule has 0 bridgehead atoms. The molecule has 2 rings (SSSR count). The number of hydrogen-bond donors (Lipinski definition) is 4. The molecule has 1 fully saturated rings. The number of aliphatic hydroxyl groups excluding tert-OH is 1. The monoisotopic (exact) mass is 282 g/mol. The van der Waals surface area contributed by atoms with Crippen LogP contribution in [0, 0.1) is 5.82 Å². The van der Waals surface area contributed by atoms with Crippen LogP contribution in [0.5, 0.6) is 0 Å². The standard InChI is InChI=1S/C13H19FN4O2/c14-11-8(6-7-16-12(11)18-15)13(20)17-9-4-2-1-3-5-10(9)19/h6-7,9-10,19H,1-5,15H2,(H,16,18)(H,17,20). The molecule has 20 heavy (non-hydrogen) atoms. The maximum absolute atomic E-state index is 13.9. The lowest BCUT2D eigenvalue weighted by Gasteiger charge is -2.22. The summed E-state index contributed by atoms with van der Waals surface area (Å²) < 4.78 is 13.9. The van der Waals surface area contributed by atoms with Gasteiger partial charge in [0.1, 0.15) is 0 Å². The highest BCUT2D eigenvalue weighted by Gasteiger charge is 2.25. The van der Waals surface area contributed by atoms with Crippen LogP contribution in [0.4, 0.5) is 10.2 Å². The summed E-state index contributed by atoms with van der Waals surface area (Å²) in [4.78, 5) is 15.8. The minimum atomic E-state index is -0.796. The number of carbonyl (C=O) groups is 1. The molecular formula is C13H19FN4O2. The average molecular weight is 282 g/mol. The van der Waals surface area contributed by atoms with Crippen molar-refractivity contribution in [2.75, 3.05) is 5.43 Å². The Bertz CT molecular complexity index is 483. The van der Waals surface area contributed by atoms with Crippen LogP contribution < -0.4 is 16.6 Å². The lowest BCUT2D eigenvalue weighted by molar-refractivity contribution is 0.0815. The number of nitrogen functional groups attached to an aromatic ring is 1. The van der Waals surface area contributed by atoms with E-state index in [1.165, 1.54) is 12.3 Å². The minimum absolute atomic E-state index is 0.135. The van der Waals surface area contributed by atoms with Crippen molar-refractivity contribution in [1.82, 2.24) is 10.3 Å². The molecule has 1 aliphatic rings. The molecule has 1 amide bonds. The first kappa shape index (κ1) is 14.7. The topological polar surface area (TPSA) is 100 Å². The summed E-state index contributed by atoms with van der Waals surface area (Å²) in [7, 11) is 0. The van der Waals surface area contributed by atoms with E-state index in [4.69, 9.17) is 5.84 Å². The Morgan fingerprint density at radius 2 is 2.15 bits per heavy atom. The molecular weight excluding hydrogens is 263 g/mol. The lowest BCUT2D eigenvalue weighted by atomic mass is 10.1. The summed E-state index contributed by atoms with van der Waals surface area (Å²) in [5.41, 5.74) is 1.96. The third kappa shape index (κ3) is 3.23. The predicted octanol–water partition coefficient (Wildman–Crippen LogP) is 0.930. The van der Waals surface area contributed by atoms with E-state index >= 15 is 0 Å². The highest BCUT2D eigenvalue weighted by Crippen LogP contribution is 2.19. The fraction of sp³-hybridized carbons (Fsp3) is 0.538. The van der Waals surface area contributed by atoms with Crippen molar-refractivity contribution >= 4 is 11.7 Å². The molecule has 1 saturated carbocycles. The summed E-state index contributed by atoms with van der Waals surface area (Å²) in [5.74, 6) is 3.58. The van der Waals surface area contributed by atoms with E-state index in [1.807, 2.05) is 0 Å². The maximum Gasteiger partial charge on any atom is 0.254 e. The Morgan fingerprint density at radius 3 is 2.90 bits per heavy atom. The number of carbonyl (C=O) groups excluding carboxylic acids is 1. The number of rotatable bonds is 3. The van der Waals surface area contributed by atoms with Crippen LogP contribution in [0.2, 0.25) is 0 Å². The second kappa shape index (κ2) is 6.62. The number of nitrogens with one attached hydrogen (secondary N) is 2. The second-order valence-electron chi connectivity index (χ2n) is 4.95. The molecule has 6 nitrogen and oxygen atoms in total. The zero-order valence-electron chi connectivity index (χ0n) is 11.1. The summed E-state index contributed by atoms with van der Waals surface area (Å²) >= 11 is 0. The fourth-order valence-electron chi connectivity index (χ4n) is 2.42. The SMILES string of the molecule is NNc1nccc(C(=O)NC2CCCCCC2O)c1F. The Hall–Kier alpha value is -1.73. The number of hydrogen-bond acceptors (Lipinski definition) is 5. The number of amides is 1. The molecule has 0 aliphatic heterocycles. The second-order valence-corrected chi connectivity index (χ2v) is 4.95. The third-order valence-corrected chi connectivity index (χ3v) is 3.57. The average Bonchev–Trinajstić information content (AvgIpc) is 2.64. The van der Waals surface area contributed by atoms with Gasteiger partial charge in [0.25, 0.3) is 5.91 Å². The molecule has 110 valence electrons. The van der Waals surface area contributed by atoms with Crippen molar-refractivity contribution in [1.29, 1.82) is 0 Å². The number of pyridine rings is 1. The number of nitrogens with two attached hydrogens (primary N) is 1. The third-order valence-electron chi connectivity index (χ3n) is 3.57. The largest absolute Gasteiger partial charge is 0.391 e. The molecule has 2 atom stereocenters. The molecule has 1 aromatic heterocycles. The molecule has 5 N–H and O–H groups in total. The summed E-state index contributed by atoms with van der Waals surface area (Å²) in [6.45, 7) is 0. The normalized spacial score (nSPS) is 22.9. The van der Waals surface area contributed by atoms with E-state index in [2.05, 4.69) is 15.7 Å². The Labute approximate surface area is 116 Å². The fourth-order valence-corrected chi connectivity index (χ4v) is 2.42. The Balaban J connectivity index is 2.11. The molecule has 1 aromatic rings. The van der Waals surface area contributed by atoms with Gasteiger partial charge in [-0.1, -0.05) is 19.3 Å². The molecule has 1 aliphatic carbocycles. The van der Waals surface area contributed by atoms with Crippen molar-refractivity contribution < 1.29 is 14.3 Å². The zero-order valence-corrected chi connectivity index (χ0v) is 11.1. The predicted molar refractivity (Wildman–Crippen MR) is 72.4 cm³/mol. The van der Waals surface area contributed by atoms with Crippen molar-refractivity contribution in [3.8, 4) is 0 Å². The van der Waals surface area contributed by atoms with Gasteiger partial charge in [-0.05, 0) is 18.9 Å². The number of nitrogens with zero attached hydrogens (tertiary/aromatic N) is 1. The number of aliphatic hydroxyl groups is 1. The van der Waals surface area contributed by atoms with Gasteiger partial charge in [0, 0.05) is 6.20 Å². The van der Waals surface area contributed by atoms with Crippen molar-refractivity contribution in [3.05, 3.63) is 23.6 Å². The van der Waals surface area contributed by atoms with Gasteiger partial charge >= 0.3 is 0 Å². The highest BCUT2D eigenvalue weighted by atomic mass is 19.1. The van der Waals surface area contributed by atoms with Gasteiger partial charge in [0.05, 0.1) is 17.7 Å². The van der Waals surface area contributed by atoms with Gasteiger partial charge < -0.3 is 15.8 Å². The molecule has 0 aromatic carbocycles. The van der Waals surface area contributed by atoms with Gasteiger partial charge in [0.2, 0.25) is 0 Å². The van der Waals surface area contributed by atoms with E-state index in [0.717, 1.165) is 19.3 Å². The zero-order chi connectivity index (χ0) is 14.5. The van der Waals surface area contributed by atoms with Crippen LogP contribution in [0.15, 0.2) is 12.3 Å². The number of hydrazine groups is 1. The Kier molecular flexibility index (Phi) is 4.86. The molecule has 2 unspecified atom stereocenters. The van der Waals surface area contributed by atoms with Crippen LogP contribution in [-0.2, 0) is 0 Å². The van der Waals surface area contributed by atoms with Gasteiger partial charge in [0.15, 0.2) is 11.6 Å². The van der Waals surface area contributed by atoms with E-state index in [0.29, 0.717) is 12.8 Å². The van der Waals surface area contributed by atoms with Crippen molar-refractivity contribution in [2.45, 2.75) is 44.2 Å². The Morgan fingerprint density at radius 1 is 1.40 bits per heavy atom. The van der Waals surface area contributed by atoms with E-state index in [1.54, 1.807) is 0 Å². The van der Waals surface area contributed by atoms with Gasteiger partial charge in [-0.3, -0.25) is 4.79 Å². The van der Waals surface area contributed by atoms with Crippen LogP contribution in [0.3, 0.4) is 0 Å². The summed E-state index contributed by atoms with van der Waals surface area (Å²) in [6, 6.07) is 0.945. The lowest BCUT2D eigenvalue weighted by Crippen LogP contribution is -2.43. The molecule has 0 saturated heterocycles. The first-order valence-electron chi connectivity index (χ1n) is 6.73. The first-order chi connectivity index (χ1) is 9.63. The quantitative estimate of drug-likeness (QED) is 0.375. The highest BCUT2D eigenvalue weighted by molar-refractivity contribution is 5.95. The van der Waals surface area contributed by atoms with Crippen LogP contribution in [0.25, 0.3) is 0 Å². The van der Waals surface area contributed by atoms with E-state index < -0.39 is 17.8 Å².